The van der Waals surface area contributed by atoms with E-state index in [-0.39, 0.29) is 18.3 Å². The summed E-state index contributed by atoms with van der Waals surface area (Å²) in [6.07, 6.45) is 0.129. The van der Waals surface area contributed by atoms with Crippen LogP contribution < -0.4 is 10.5 Å². The van der Waals surface area contributed by atoms with Crippen LogP contribution in [0.25, 0.3) is 0 Å². The lowest BCUT2D eigenvalue weighted by Crippen LogP contribution is -2.49. The van der Waals surface area contributed by atoms with Crippen LogP contribution in [0, 0.1) is 6.92 Å². The number of amides is 1. The van der Waals surface area contributed by atoms with Gasteiger partial charge in [-0.1, -0.05) is 27.5 Å². The second kappa shape index (κ2) is 5.44. The van der Waals surface area contributed by atoms with Crippen LogP contribution >= 0.6 is 27.5 Å². The molecule has 0 bridgehead atoms. The number of aryl methyl sites for hydroxylation is 1. The van der Waals surface area contributed by atoms with Crippen molar-refractivity contribution in [1.29, 1.82) is 0 Å². The van der Waals surface area contributed by atoms with Gasteiger partial charge < -0.3 is 10.5 Å². The maximum Gasteiger partial charge on any atom is 0.232 e. The zero-order valence-corrected chi connectivity index (χ0v) is 15.8. The molecule has 6 nitrogen and oxygen atoms in total. The molecule has 4 rings (SSSR count). The summed E-state index contributed by atoms with van der Waals surface area (Å²) in [7, 11) is 1.61. The summed E-state index contributed by atoms with van der Waals surface area (Å²) >= 11 is 9.68. The molecule has 1 aromatic carbocycles. The number of ether oxygens (including phenoxy) is 1. The Morgan fingerprint density at radius 2 is 2.12 bits per heavy atom. The molecule has 1 spiro atoms. The first kappa shape index (κ1) is 16.4. The van der Waals surface area contributed by atoms with Crippen LogP contribution in [0.2, 0.25) is 5.15 Å². The molecule has 1 amide bonds. The third-order valence-corrected chi connectivity index (χ3v) is 5.27. The Morgan fingerprint density at radius 1 is 1.36 bits per heavy atom. The molecule has 0 radical (unpaired) electrons. The number of nitrogens with two attached hydrogens (primary N) is 1. The Hall–Kier alpha value is -2.12. The second-order valence-corrected chi connectivity index (χ2v) is 7.41. The van der Waals surface area contributed by atoms with Gasteiger partial charge >= 0.3 is 0 Å². The fraction of sp³-hybridized carbons (Fsp3) is 0.235. The summed E-state index contributed by atoms with van der Waals surface area (Å²) in [5.74, 6) is 1.21. The summed E-state index contributed by atoms with van der Waals surface area (Å²) in [4.78, 5) is 23.0. The molecule has 0 fully saturated rings. The van der Waals surface area contributed by atoms with Gasteiger partial charge in [0.05, 0.1) is 12.1 Å². The van der Waals surface area contributed by atoms with Gasteiger partial charge in [0.1, 0.15) is 16.4 Å². The number of aliphatic imine (C=N–C) groups is 1. The van der Waals surface area contributed by atoms with Crippen LogP contribution in [-0.2, 0) is 10.3 Å². The predicted octanol–water partition coefficient (Wildman–Crippen LogP) is 3.33. The Kier molecular flexibility index (Phi) is 3.56. The number of hydrogen-bond donors (Lipinski definition) is 1. The van der Waals surface area contributed by atoms with Gasteiger partial charge in [-0.2, -0.15) is 0 Å². The van der Waals surface area contributed by atoms with Crippen molar-refractivity contribution in [3.8, 4) is 11.5 Å². The summed E-state index contributed by atoms with van der Waals surface area (Å²) in [6, 6.07) is 7.31. The monoisotopic (exact) mass is 420 g/mol. The normalized spacial score (nSPS) is 21.5. The first-order valence-electron chi connectivity index (χ1n) is 7.59. The second-order valence-electron chi connectivity index (χ2n) is 6.11. The van der Waals surface area contributed by atoms with Crippen LogP contribution in [0.1, 0.15) is 23.2 Å². The van der Waals surface area contributed by atoms with Crippen molar-refractivity contribution in [3.05, 3.63) is 50.7 Å². The number of fused-ring (bicyclic) bond motifs is 4. The number of guanidine groups is 1. The minimum atomic E-state index is -0.988. The van der Waals surface area contributed by atoms with Crippen molar-refractivity contribution in [3.63, 3.8) is 0 Å². The molecule has 0 aliphatic carbocycles. The number of nitrogens with zero attached hydrogens (tertiary/aromatic N) is 3. The number of rotatable bonds is 0. The summed E-state index contributed by atoms with van der Waals surface area (Å²) < 4.78 is 6.92. The van der Waals surface area contributed by atoms with Gasteiger partial charge in [-0.15, -0.1) is 0 Å². The lowest BCUT2D eigenvalue weighted by atomic mass is 9.77. The first-order valence-corrected chi connectivity index (χ1v) is 8.76. The van der Waals surface area contributed by atoms with Gasteiger partial charge in [0, 0.05) is 22.6 Å². The number of benzene rings is 1. The van der Waals surface area contributed by atoms with Crippen molar-refractivity contribution in [1.82, 2.24) is 9.88 Å². The van der Waals surface area contributed by atoms with Gasteiger partial charge in [0.25, 0.3) is 0 Å². The van der Waals surface area contributed by atoms with E-state index in [9.17, 15) is 4.79 Å². The number of halogens is 2. The third kappa shape index (κ3) is 2.33. The smallest absolute Gasteiger partial charge is 0.232 e. The SMILES string of the molecule is Cc1nc(Cl)cc2c1Oc1ccc(Br)cc1C21CC(=O)N(C)C(N)=N1. The number of aromatic nitrogens is 1. The molecular formula is C17H14BrClN4O2. The maximum absolute atomic E-state index is 12.6. The molecule has 0 saturated carbocycles. The lowest BCUT2D eigenvalue weighted by molar-refractivity contribution is -0.128. The molecule has 2 aliphatic heterocycles. The molecule has 1 unspecified atom stereocenters. The molecular weight excluding hydrogens is 408 g/mol. The minimum Gasteiger partial charge on any atom is -0.455 e. The quantitative estimate of drug-likeness (QED) is 0.662. The van der Waals surface area contributed by atoms with Gasteiger partial charge in [-0.3, -0.25) is 9.69 Å². The van der Waals surface area contributed by atoms with Crippen LogP contribution in [-0.4, -0.2) is 28.8 Å². The average molecular weight is 422 g/mol. The maximum atomic E-state index is 12.6. The number of carbonyl (C=O) groups is 1. The Morgan fingerprint density at radius 3 is 2.84 bits per heavy atom. The van der Waals surface area contributed by atoms with Crippen molar-refractivity contribution in [2.24, 2.45) is 10.7 Å². The largest absolute Gasteiger partial charge is 0.455 e. The molecule has 128 valence electrons. The molecule has 0 saturated heterocycles. The van der Waals surface area contributed by atoms with Gasteiger partial charge in [-0.25, -0.2) is 9.98 Å². The summed E-state index contributed by atoms with van der Waals surface area (Å²) in [5.41, 5.74) is 7.16. The molecule has 1 aromatic heterocycles. The van der Waals surface area contributed by atoms with Crippen LogP contribution in [0.15, 0.2) is 33.7 Å². The Balaban J connectivity index is 2.10. The van der Waals surface area contributed by atoms with Crippen LogP contribution in [0.3, 0.4) is 0 Å². The molecule has 3 heterocycles. The topological polar surface area (TPSA) is 80.8 Å². The lowest BCUT2D eigenvalue weighted by Gasteiger charge is -2.41. The van der Waals surface area contributed by atoms with Crippen molar-refractivity contribution < 1.29 is 9.53 Å². The minimum absolute atomic E-state index is 0.128. The Bertz CT molecular complexity index is 962. The molecule has 25 heavy (non-hydrogen) atoms. The average Bonchev–Trinajstić information content (AvgIpc) is 2.55. The fourth-order valence-corrected chi connectivity index (χ4v) is 3.91. The predicted molar refractivity (Wildman–Crippen MR) is 98.0 cm³/mol. The zero-order chi connectivity index (χ0) is 17.9. The highest BCUT2D eigenvalue weighted by Crippen LogP contribution is 2.53. The molecule has 1 atom stereocenters. The molecule has 2 aliphatic rings. The van der Waals surface area contributed by atoms with E-state index in [1.165, 1.54) is 4.90 Å². The van der Waals surface area contributed by atoms with Gasteiger partial charge in [-0.05, 0) is 31.2 Å². The van der Waals surface area contributed by atoms with E-state index < -0.39 is 5.54 Å². The van der Waals surface area contributed by atoms with E-state index in [4.69, 9.17) is 27.1 Å². The highest BCUT2D eigenvalue weighted by atomic mass is 79.9. The zero-order valence-electron chi connectivity index (χ0n) is 13.5. The molecule has 8 heteroatoms. The van der Waals surface area contributed by atoms with E-state index >= 15 is 0 Å². The van der Waals surface area contributed by atoms with E-state index in [2.05, 4.69) is 20.9 Å². The van der Waals surface area contributed by atoms with Gasteiger partial charge in [0.2, 0.25) is 5.91 Å². The standard InChI is InChI=1S/C17H14BrClN4O2/c1-8-15-11(6-13(19)21-8)17(7-14(24)23(2)16(20)22-17)10-5-9(18)3-4-12(10)25-15/h3-6H,7H2,1-2H3,(H2,20,22). The molecule has 2 N–H and O–H groups in total. The first-order chi connectivity index (χ1) is 11.8. The fourth-order valence-electron chi connectivity index (χ4n) is 3.31. The number of hydrogen-bond acceptors (Lipinski definition) is 5. The van der Waals surface area contributed by atoms with Gasteiger partial charge in [0.15, 0.2) is 11.7 Å². The van der Waals surface area contributed by atoms with E-state index in [0.717, 1.165) is 10.0 Å². The summed E-state index contributed by atoms with van der Waals surface area (Å²) in [5, 5.41) is 0.317. The van der Waals surface area contributed by atoms with Crippen molar-refractivity contribution in [2.75, 3.05) is 7.05 Å². The molecule has 2 aromatic rings. The Labute approximate surface area is 157 Å². The van der Waals surface area contributed by atoms with Crippen LogP contribution in [0.5, 0.6) is 11.5 Å². The third-order valence-electron chi connectivity index (χ3n) is 4.59. The highest BCUT2D eigenvalue weighted by Gasteiger charge is 2.48. The van der Waals surface area contributed by atoms with Crippen molar-refractivity contribution >= 4 is 39.4 Å². The number of carbonyl (C=O) groups excluding carboxylic acids is 1. The number of pyridine rings is 1. The van der Waals surface area contributed by atoms with E-state index in [1.54, 1.807) is 13.1 Å². The van der Waals surface area contributed by atoms with E-state index in [1.807, 2.05) is 25.1 Å². The van der Waals surface area contributed by atoms with Crippen molar-refractivity contribution in [2.45, 2.75) is 18.9 Å². The van der Waals surface area contributed by atoms with Crippen LogP contribution in [0.4, 0.5) is 0 Å². The summed E-state index contributed by atoms with van der Waals surface area (Å²) in [6.45, 7) is 1.81. The van der Waals surface area contributed by atoms with E-state index in [0.29, 0.717) is 27.9 Å². The highest BCUT2D eigenvalue weighted by molar-refractivity contribution is 9.10.